The second-order valence-electron chi connectivity index (χ2n) is 4.55. The van der Waals surface area contributed by atoms with Crippen molar-refractivity contribution < 1.29 is 4.79 Å². The molecule has 0 atom stereocenters. The van der Waals surface area contributed by atoms with Crippen LogP contribution in [0.1, 0.15) is 23.6 Å². The van der Waals surface area contributed by atoms with Crippen molar-refractivity contribution in [1.82, 2.24) is 4.98 Å². The Labute approximate surface area is 113 Å². The van der Waals surface area contributed by atoms with E-state index in [2.05, 4.69) is 17.2 Å². The zero-order valence-electron chi connectivity index (χ0n) is 11.3. The van der Waals surface area contributed by atoms with Crippen LogP contribution in [0.25, 0.3) is 0 Å². The van der Waals surface area contributed by atoms with Crippen molar-refractivity contribution in [2.24, 2.45) is 0 Å². The first-order chi connectivity index (χ1) is 9.20. The van der Waals surface area contributed by atoms with Crippen LogP contribution in [-0.4, -0.2) is 10.9 Å². The normalized spacial score (nSPS) is 10.2. The third kappa shape index (κ3) is 3.41. The molecule has 1 aromatic heterocycles. The van der Waals surface area contributed by atoms with Crippen molar-refractivity contribution in [3.63, 3.8) is 0 Å². The zero-order valence-corrected chi connectivity index (χ0v) is 11.3. The van der Waals surface area contributed by atoms with Crippen LogP contribution < -0.4 is 5.32 Å². The van der Waals surface area contributed by atoms with Gasteiger partial charge in [-0.2, -0.15) is 0 Å². The van der Waals surface area contributed by atoms with Crippen LogP contribution in [0.3, 0.4) is 0 Å². The van der Waals surface area contributed by atoms with E-state index in [9.17, 15) is 4.79 Å². The summed E-state index contributed by atoms with van der Waals surface area (Å²) in [6.07, 6.45) is 4.69. The molecule has 0 radical (unpaired) electrons. The lowest BCUT2D eigenvalue weighted by molar-refractivity contribution is -0.115. The molecule has 0 aliphatic carbocycles. The number of hydrogen-bond donors (Lipinski definition) is 1. The third-order valence-corrected chi connectivity index (χ3v) is 3.09. The summed E-state index contributed by atoms with van der Waals surface area (Å²) in [5.41, 5.74) is 4.13. The molecule has 19 heavy (non-hydrogen) atoms. The lowest BCUT2D eigenvalue weighted by Crippen LogP contribution is -2.16. The lowest BCUT2D eigenvalue weighted by atomic mass is 10.1. The fraction of sp³-hybridized carbons (Fsp3) is 0.250. The zero-order chi connectivity index (χ0) is 13.7. The van der Waals surface area contributed by atoms with Gasteiger partial charge in [0.25, 0.3) is 0 Å². The number of benzene rings is 1. The second kappa shape index (κ2) is 6.14. The number of amides is 1. The molecule has 0 aliphatic heterocycles. The van der Waals surface area contributed by atoms with E-state index in [0.717, 1.165) is 23.2 Å². The Hall–Kier alpha value is -2.16. The molecule has 2 aromatic rings. The SMILES string of the molecule is CCc1cccc(C)c1NC(=O)Cc1cccnc1. The molecule has 0 saturated carbocycles. The monoisotopic (exact) mass is 254 g/mol. The number of pyridine rings is 1. The molecule has 0 saturated heterocycles. The largest absolute Gasteiger partial charge is 0.325 e. The van der Waals surface area contributed by atoms with Gasteiger partial charge in [-0.05, 0) is 36.1 Å². The van der Waals surface area contributed by atoms with E-state index < -0.39 is 0 Å². The predicted molar refractivity (Wildman–Crippen MR) is 77.1 cm³/mol. The topological polar surface area (TPSA) is 42.0 Å². The number of aromatic nitrogens is 1. The predicted octanol–water partition coefficient (Wildman–Crippen LogP) is 3.13. The van der Waals surface area contributed by atoms with Gasteiger partial charge in [0, 0.05) is 18.1 Å². The number of para-hydroxylation sites is 1. The quantitative estimate of drug-likeness (QED) is 0.910. The van der Waals surface area contributed by atoms with Crippen molar-refractivity contribution in [2.45, 2.75) is 26.7 Å². The number of carbonyl (C=O) groups is 1. The Kier molecular flexibility index (Phi) is 4.29. The molecule has 1 heterocycles. The molecule has 0 spiro atoms. The minimum Gasteiger partial charge on any atom is -0.325 e. The molecular weight excluding hydrogens is 236 g/mol. The smallest absolute Gasteiger partial charge is 0.228 e. The van der Waals surface area contributed by atoms with Gasteiger partial charge in [-0.3, -0.25) is 9.78 Å². The number of aryl methyl sites for hydroxylation is 2. The van der Waals surface area contributed by atoms with E-state index in [1.807, 2.05) is 37.3 Å². The van der Waals surface area contributed by atoms with Gasteiger partial charge in [-0.15, -0.1) is 0 Å². The van der Waals surface area contributed by atoms with Gasteiger partial charge in [-0.25, -0.2) is 0 Å². The van der Waals surface area contributed by atoms with Crippen LogP contribution in [0, 0.1) is 6.92 Å². The number of rotatable bonds is 4. The highest BCUT2D eigenvalue weighted by molar-refractivity contribution is 5.93. The lowest BCUT2D eigenvalue weighted by Gasteiger charge is -2.12. The van der Waals surface area contributed by atoms with Crippen LogP contribution in [0.2, 0.25) is 0 Å². The van der Waals surface area contributed by atoms with Crippen LogP contribution in [-0.2, 0) is 17.6 Å². The highest BCUT2D eigenvalue weighted by Gasteiger charge is 2.09. The minimum absolute atomic E-state index is 0.00278. The molecule has 1 N–H and O–H groups in total. The van der Waals surface area contributed by atoms with E-state index in [4.69, 9.17) is 0 Å². The first-order valence-corrected chi connectivity index (χ1v) is 6.48. The van der Waals surface area contributed by atoms with E-state index in [0.29, 0.717) is 6.42 Å². The molecule has 3 nitrogen and oxygen atoms in total. The summed E-state index contributed by atoms with van der Waals surface area (Å²) in [5.74, 6) is -0.00278. The summed E-state index contributed by atoms with van der Waals surface area (Å²) >= 11 is 0. The van der Waals surface area contributed by atoms with Crippen molar-refractivity contribution in [3.8, 4) is 0 Å². The molecule has 1 amide bonds. The van der Waals surface area contributed by atoms with Gasteiger partial charge in [0.15, 0.2) is 0 Å². The Morgan fingerprint density at radius 2 is 2.11 bits per heavy atom. The number of nitrogens with one attached hydrogen (secondary N) is 1. The van der Waals surface area contributed by atoms with Crippen molar-refractivity contribution in [1.29, 1.82) is 0 Å². The summed E-state index contributed by atoms with van der Waals surface area (Å²) in [6.45, 7) is 4.10. The molecule has 2 rings (SSSR count). The van der Waals surface area contributed by atoms with E-state index in [-0.39, 0.29) is 5.91 Å². The van der Waals surface area contributed by atoms with Gasteiger partial charge < -0.3 is 5.32 Å². The highest BCUT2D eigenvalue weighted by Crippen LogP contribution is 2.21. The van der Waals surface area contributed by atoms with Crippen LogP contribution in [0.4, 0.5) is 5.69 Å². The number of nitrogens with zero attached hydrogens (tertiary/aromatic N) is 1. The van der Waals surface area contributed by atoms with Crippen LogP contribution >= 0.6 is 0 Å². The van der Waals surface area contributed by atoms with E-state index in [1.54, 1.807) is 12.4 Å². The van der Waals surface area contributed by atoms with E-state index >= 15 is 0 Å². The highest BCUT2D eigenvalue weighted by atomic mass is 16.1. The fourth-order valence-corrected chi connectivity index (χ4v) is 2.07. The van der Waals surface area contributed by atoms with Gasteiger partial charge in [-0.1, -0.05) is 31.2 Å². The Bertz CT molecular complexity index is 564. The molecule has 0 bridgehead atoms. The Balaban J connectivity index is 2.11. The standard InChI is InChI=1S/C16H18N2O/c1-3-14-8-4-6-12(2)16(14)18-15(19)10-13-7-5-9-17-11-13/h4-9,11H,3,10H2,1-2H3,(H,18,19). The van der Waals surface area contributed by atoms with Crippen molar-refractivity contribution in [2.75, 3.05) is 5.32 Å². The van der Waals surface area contributed by atoms with E-state index in [1.165, 1.54) is 5.56 Å². The third-order valence-electron chi connectivity index (χ3n) is 3.09. The van der Waals surface area contributed by atoms with Crippen molar-refractivity contribution >= 4 is 11.6 Å². The van der Waals surface area contributed by atoms with Crippen LogP contribution in [0.15, 0.2) is 42.7 Å². The first-order valence-electron chi connectivity index (χ1n) is 6.48. The number of carbonyl (C=O) groups excluding carboxylic acids is 1. The Morgan fingerprint density at radius 1 is 1.26 bits per heavy atom. The number of hydrogen-bond acceptors (Lipinski definition) is 2. The van der Waals surface area contributed by atoms with Gasteiger partial charge in [0.05, 0.1) is 6.42 Å². The summed E-state index contributed by atoms with van der Waals surface area (Å²) < 4.78 is 0. The summed E-state index contributed by atoms with van der Waals surface area (Å²) in [5, 5.41) is 3.01. The molecule has 98 valence electrons. The average molecular weight is 254 g/mol. The fourth-order valence-electron chi connectivity index (χ4n) is 2.07. The van der Waals surface area contributed by atoms with Crippen LogP contribution in [0.5, 0.6) is 0 Å². The molecule has 0 unspecified atom stereocenters. The summed E-state index contributed by atoms with van der Waals surface area (Å²) in [7, 11) is 0. The van der Waals surface area contributed by atoms with Gasteiger partial charge >= 0.3 is 0 Å². The minimum atomic E-state index is -0.00278. The van der Waals surface area contributed by atoms with Gasteiger partial charge in [0.2, 0.25) is 5.91 Å². The second-order valence-corrected chi connectivity index (χ2v) is 4.55. The van der Waals surface area contributed by atoms with Crippen molar-refractivity contribution in [3.05, 3.63) is 59.4 Å². The molecule has 1 aromatic carbocycles. The maximum absolute atomic E-state index is 12.1. The first kappa shape index (κ1) is 13.3. The molecule has 0 aliphatic rings. The summed E-state index contributed by atoms with van der Waals surface area (Å²) in [6, 6.07) is 9.83. The summed E-state index contributed by atoms with van der Waals surface area (Å²) in [4.78, 5) is 16.1. The molecule has 3 heteroatoms. The van der Waals surface area contributed by atoms with Gasteiger partial charge in [0.1, 0.15) is 0 Å². The number of anilines is 1. The average Bonchev–Trinajstić information content (AvgIpc) is 2.42. The maximum atomic E-state index is 12.1. The molecular formula is C16H18N2O. The molecule has 0 fully saturated rings. The maximum Gasteiger partial charge on any atom is 0.228 e. The Morgan fingerprint density at radius 3 is 2.79 bits per heavy atom.